The minimum Gasteiger partial charge on any atom is -0.358 e. The van der Waals surface area contributed by atoms with Gasteiger partial charge in [0, 0.05) is 23.2 Å². The van der Waals surface area contributed by atoms with Crippen LogP contribution in [0.4, 0.5) is 0 Å². The van der Waals surface area contributed by atoms with Crippen LogP contribution in [0, 0.1) is 0 Å². The molecule has 0 saturated heterocycles. The standard InChI is InChI=1S/C24H28N2O/c1-24(2,3)23-16-21-11-10-19(15-22(21)26-23)12-13-25-17-20-8-6-18(7-9-20)5-4-14-27/h4-11,14-16,25-26H,12-13,17H2,1-3H3/b5-4+. The van der Waals surface area contributed by atoms with Crippen molar-refractivity contribution in [3.05, 3.63) is 77.0 Å². The van der Waals surface area contributed by atoms with Crippen LogP contribution in [0.1, 0.15) is 43.2 Å². The molecular formula is C24H28N2O. The zero-order chi connectivity index (χ0) is 19.3. The summed E-state index contributed by atoms with van der Waals surface area (Å²) in [5, 5.41) is 4.78. The summed E-state index contributed by atoms with van der Waals surface area (Å²) in [6, 6.07) is 17.2. The maximum Gasteiger partial charge on any atom is 0.142 e. The molecular weight excluding hydrogens is 332 g/mol. The molecule has 2 N–H and O–H groups in total. The van der Waals surface area contributed by atoms with Crippen molar-refractivity contribution in [3.8, 4) is 0 Å². The summed E-state index contributed by atoms with van der Waals surface area (Å²) >= 11 is 0. The topological polar surface area (TPSA) is 44.9 Å². The molecule has 0 unspecified atom stereocenters. The van der Waals surface area contributed by atoms with Crippen LogP contribution in [-0.2, 0) is 23.2 Å². The second-order valence-corrected chi connectivity index (χ2v) is 8.02. The summed E-state index contributed by atoms with van der Waals surface area (Å²) in [6.07, 6.45) is 5.12. The molecule has 1 heterocycles. The number of aldehydes is 1. The number of carbonyl (C=O) groups is 1. The Balaban J connectivity index is 1.53. The molecule has 0 aliphatic carbocycles. The van der Waals surface area contributed by atoms with Crippen LogP contribution in [0.2, 0.25) is 0 Å². The van der Waals surface area contributed by atoms with E-state index in [1.807, 2.05) is 18.2 Å². The van der Waals surface area contributed by atoms with Crippen LogP contribution in [0.3, 0.4) is 0 Å². The Morgan fingerprint density at radius 2 is 1.74 bits per heavy atom. The second-order valence-electron chi connectivity index (χ2n) is 8.02. The number of allylic oxidation sites excluding steroid dienone is 1. The quantitative estimate of drug-likeness (QED) is 0.353. The number of carbonyl (C=O) groups excluding carboxylic acids is 1. The van der Waals surface area contributed by atoms with E-state index in [2.05, 4.69) is 67.5 Å². The average molecular weight is 361 g/mol. The molecule has 27 heavy (non-hydrogen) atoms. The highest BCUT2D eigenvalue weighted by atomic mass is 16.1. The summed E-state index contributed by atoms with van der Waals surface area (Å²) < 4.78 is 0. The van der Waals surface area contributed by atoms with Gasteiger partial charge in [-0.1, -0.05) is 63.2 Å². The molecule has 0 bridgehead atoms. The van der Waals surface area contributed by atoms with Gasteiger partial charge >= 0.3 is 0 Å². The van der Waals surface area contributed by atoms with Crippen LogP contribution in [0.15, 0.2) is 54.6 Å². The molecule has 0 aliphatic rings. The Labute approximate surface area is 161 Å². The lowest BCUT2D eigenvalue weighted by Crippen LogP contribution is -2.16. The van der Waals surface area contributed by atoms with Gasteiger partial charge in [0.15, 0.2) is 0 Å². The zero-order valence-corrected chi connectivity index (χ0v) is 16.4. The first-order valence-corrected chi connectivity index (χ1v) is 9.49. The monoisotopic (exact) mass is 360 g/mol. The lowest BCUT2D eigenvalue weighted by molar-refractivity contribution is -0.104. The van der Waals surface area contributed by atoms with Crippen molar-refractivity contribution in [2.24, 2.45) is 0 Å². The molecule has 0 radical (unpaired) electrons. The highest BCUT2D eigenvalue weighted by Crippen LogP contribution is 2.26. The van der Waals surface area contributed by atoms with Gasteiger partial charge in [0.25, 0.3) is 0 Å². The van der Waals surface area contributed by atoms with Gasteiger partial charge in [-0.2, -0.15) is 0 Å². The first-order chi connectivity index (χ1) is 13.0. The van der Waals surface area contributed by atoms with Gasteiger partial charge in [-0.05, 0) is 53.3 Å². The third-order valence-corrected chi connectivity index (χ3v) is 4.76. The van der Waals surface area contributed by atoms with Crippen LogP contribution in [0.25, 0.3) is 17.0 Å². The number of fused-ring (bicyclic) bond motifs is 1. The van der Waals surface area contributed by atoms with E-state index in [0.717, 1.165) is 31.4 Å². The minimum atomic E-state index is 0.138. The van der Waals surface area contributed by atoms with Crippen LogP contribution < -0.4 is 5.32 Å². The smallest absolute Gasteiger partial charge is 0.142 e. The molecule has 0 aliphatic heterocycles. The molecule has 2 aromatic carbocycles. The molecule has 0 saturated carbocycles. The Morgan fingerprint density at radius 3 is 2.44 bits per heavy atom. The van der Waals surface area contributed by atoms with Crippen molar-refractivity contribution in [2.45, 2.75) is 39.2 Å². The molecule has 3 nitrogen and oxygen atoms in total. The highest BCUT2D eigenvalue weighted by molar-refractivity contribution is 5.81. The van der Waals surface area contributed by atoms with Crippen molar-refractivity contribution < 1.29 is 4.79 Å². The summed E-state index contributed by atoms with van der Waals surface area (Å²) in [5.41, 5.74) is 6.26. The van der Waals surface area contributed by atoms with Crippen LogP contribution in [0.5, 0.6) is 0 Å². The van der Waals surface area contributed by atoms with E-state index in [0.29, 0.717) is 0 Å². The average Bonchev–Trinajstić information content (AvgIpc) is 3.08. The van der Waals surface area contributed by atoms with E-state index >= 15 is 0 Å². The molecule has 3 aromatic rings. The third kappa shape index (κ3) is 5.18. The molecule has 1 aromatic heterocycles. The molecule has 0 atom stereocenters. The fourth-order valence-corrected chi connectivity index (χ4v) is 3.10. The SMILES string of the molecule is CC(C)(C)c1cc2ccc(CCNCc3ccc(/C=C/C=O)cc3)cc2[nH]1. The van der Waals surface area contributed by atoms with E-state index in [1.54, 1.807) is 0 Å². The fourth-order valence-electron chi connectivity index (χ4n) is 3.10. The Kier molecular flexibility index (Phi) is 5.92. The Morgan fingerprint density at radius 1 is 1.00 bits per heavy atom. The molecule has 0 fully saturated rings. The number of aromatic nitrogens is 1. The van der Waals surface area contributed by atoms with Gasteiger partial charge < -0.3 is 10.3 Å². The predicted molar refractivity (Wildman–Crippen MR) is 114 cm³/mol. The van der Waals surface area contributed by atoms with E-state index in [4.69, 9.17) is 0 Å². The van der Waals surface area contributed by atoms with Crippen molar-refractivity contribution in [1.29, 1.82) is 0 Å². The van der Waals surface area contributed by atoms with E-state index < -0.39 is 0 Å². The van der Waals surface area contributed by atoms with Crippen molar-refractivity contribution >= 4 is 23.3 Å². The minimum absolute atomic E-state index is 0.138. The fraction of sp³-hybridized carbons (Fsp3) is 0.292. The predicted octanol–water partition coefficient (Wildman–Crippen LogP) is 5.01. The second kappa shape index (κ2) is 8.36. The summed E-state index contributed by atoms with van der Waals surface area (Å²) in [5.74, 6) is 0. The number of nitrogens with one attached hydrogen (secondary N) is 2. The zero-order valence-electron chi connectivity index (χ0n) is 16.4. The number of rotatable bonds is 7. The first kappa shape index (κ1) is 19.1. The lowest BCUT2D eigenvalue weighted by Gasteiger charge is -2.15. The lowest BCUT2D eigenvalue weighted by atomic mass is 9.92. The van der Waals surface area contributed by atoms with Gasteiger partial charge in [-0.25, -0.2) is 0 Å². The number of hydrogen-bond donors (Lipinski definition) is 2. The van der Waals surface area contributed by atoms with Crippen LogP contribution >= 0.6 is 0 Å². The number of H-pyrrole nitrogens is 1. The maximum atomic E-state index is 10.4. The van der Waals surface area contributed by atoms with Crippen molar-refractivity contribution in [3.63, 3.8) is 0 Å². The van der Waals surface area contributed by atoms with Crippen molar-refractivity contribution in [2.75, 3.05) is 6.54 Å². The van der Waals surface area contributed by atoms with Gasteiger partial charge in [-0.3, -0.25) is 4.79 Å². The third-order valence-electron chi connectivity index (χ3n) is 4.76. The van der Waals surface area contributed by atoms with Crippen LogP contribution in [-0.4, -0.2) is 17.8 Å². The molecule has 0 spiro atoms. The number of aromatic amines is 1. The Hall–Kier alpha value is -2.65. The molecule has 3 rings (SSSR count). The van der Waals surface area contributed by atoms with E-state index in [1.165, 1.54) is 33.8 Å². The molecule has 3 heteroatoms. The summed E-state index contributed by atoms with van der Waals surface area (Å²) in [7, 11) is 0. The van der Waals surface area contributed by atoms with Gasteiger partial charge in [0.1, 0.15) is 6.29 Å². The van der Waals surface area contributed by atoms with E-state index in [-0.39, 0.29) is 5.41 Å². The van der Waals surface area contributed by atoms with Gasteiger partial charge in [-0.15, -0.1) is 0 Å². The number of benzene rings is 2. The van der Waals surface area contributed by atoms with Gasteiger partial charge in [0.05, 0.1) is 0 Å². The summed E-state index contributed by atoms with van der Waals surface area (Å²) in [4.78, 5) is 13.9. The highest BCUT2D eigenvalue weighted by Gasteiger charge is 2.16. The molecule has 0 amide bonds. The number of hydrogen-bond acceptors (Lipinski definition) is 2. The molecule has 140 valence electrons. The Bertz CT molecular complexity index is 927. The van der Waals surface area contributed by atoms with Gasteiger partial charge in [0.2, 0.25) is 0 Å². The largest absolute Gasteiger partial charge is 0.358 e. The first-order valence-electron chi connectivity index (χ1n) is 9.49. The maximum absolute atomic E-state index is 10.4. The normalized spacial score (nSPS) is 12.1. The van der Waals surface area contributed by atoms with E-state index in [9.17, 15) is 4.79 Å². The summed E-state index contributed by atoms with van der Waals surface area (Å²) in [6.45, 7) is 8.47. The van der Waals surface area contributed by atoms with Crippen molar-refractivity contribution in [1.82, 2.24) is 10.3 Å².